The first-order valence-corrected chi connectivity index (χ1v) is 5.27. The standard InChI is InChI=1S/C12H20N2O/c1-9(2)10(13)8-14-11-6-4-5-7-12(11)15-3/h4-7,9-10,14H,8,13H2,1-3H3/t10-/m1/s1. The van der Waals surface area contributed by atoms with E-state index in [0.29, 0.717) is 5.92 Å². The quantitative estimate of drug-likeness (QED) is 0.779. The summed E-state index contributed by atoms with van der Waals surface area (Å²) in [5.74, 6) is 1.33. The number of rotatable bonds is 5. The van der Waals surface area contributed by atoms with Gasteiger partial charge in [-0.05, 0) is 18.1 Å². The minimum absolute atomic E-state index is 0.162. The van der Waals surface area contributed by atoms with Gasteiger partial charge in [0, 0.05) is 12.6 Å². The van der Waals surface area contributed by atoms with Crippen LogP contribution in [0.15, 0.2) is 24.3 Å². The minimum atomic E-state index is 0.162. The van der Waals surface area contributed by atoms with E-state index >= 15 is 0 Å². The topological polar surface area (TPSA) is 47.3 Å². The molecule has 3 nitrogen and oxygen atoms in total. The van der Waals surface area contributed by atoms with Gasteiger partial charge >= 0.3 is 0 Å². The largest absolute Gasteiger partial charge is 0.495 e. The summed E-state index contributed by atoms with van der Waals surface area (Å²) in [6, 6.07) is 8.02. The van der Waals surface area contributed by atoms with Crippen LogP contribution in [0, 0.1) is 5.92 Å². The maximum Gasteiger partial charge on any atom is 0.141 e. The zero-order chi connectivity index (χ0) is 11.3. The lowest BCUT2D eigenvalue weighted by Crippen LogP contribution is -2.34. The summed E-state index contributed by atoms with van der Waals surface area (Å²) < 4.78 is 5.23. The van der Waals surface area contributed by atoms with Gasteiger partial charge in [-0.2, -0.15) is 0 Å². The van der Waals surface area contributed by atoms with Gasteiger partial charge in [-0.1, -0.05) is 26.0 Å². The highest BCUT2D eigenvalue weighted by Gasteiger charge is 2.08. The molecule has 15 heavy (non-hydrogen) atoms. The lowest BCUT2D eigenvalue weighted by atomic mass is 10.1. The Balaban J connectivity index is 2.57. The fourth-order valence-corrected chi connectivity index (χ4v) is 1.25. The van der Waals surface area contributed by atoms with Gasteiger partial charge in [0.15, 0.2) is 0 Å². The van der Waals surface area contributed by atoms with E-state index < -0.39 is 0 Å². The molecule has 0 bridgehead atoms. The van der Waals surface area contributed by atoms with Crippen LogP contribution in [-0.2, 0) is 0 Å². The van der Waals surface area contributed by atoms with Crippen LogP contribution in [0.3, 0.4) is 0 Å². The third-order valence-corrected chi connectivity index (χ3v) is 2.49. The average molecular weight is 208 g/mol. The first-order chi connectivity index (χ1) is 7.15. The van der Waals surface area contributed by atoms with Crippen LogP contribution >= 0.6 is 0 Å². The van der Waals surface area contributed by atoms with Gasteiger partial charge in [-0.25, -0.2) is 0 Å². The molecular formula is C12H20N2O. The molecule has 0 aliphatic carbocycles. The summed E-state index contributed by atoms with van der Waals surface area (Å²) in [5, 5.41) is 3.30. The molecule has 1 aromatic carbocycles. The Morgan fingerprint density at radius 1 is 1.33 bits per heavy atom. The van der Waals surface area contributed by atoms with E-state index in [1.165, 1.54) is 0 Å². The molecule has 0 spiro atoms. The molecule has 0 saturated heterocycles. The average Bonchev–Trinajstić information content (AvgIpc) is 2.26. The minimum Gasteiger partial charge on any atom is -0.495 e. The Morgan fingerprint density at radius 3 is 2.60 bits per heavy atom. The summed E-state index contributed by atoms with van der Waals surface area (Å²) in [5.41, 5.74) is 6.95. The van der Waals surface area contributed by atoms with Crippen LogP contribution in [0.25, 0.3) is 0 Å². The molecule has 0 aliphatic heterocycles. The van der Waals surface area contributed by atoms with E-state index in [4.69, 9.17) is 10.5 Å². The number of hydrogen-bond acceptors (Lipinski definition) is 3. The summed E-state index contributed by atoms with van der Waals surface area (Å²) >= 11 is 0. The maximum atomic E-state index is 5.95. The lowest BCUT2D eigenvalue weighted by Gasteiger charge is -2.18. The van der Waals surface area contributed by atoms with Crippen LogP contribution in [0.2, 0.25) is 0 Å². The number of nitrogens with one attached hydrogen (secondary N) is 1. The molecule has 3 heteroatoms. The molecular weight excluding hydrogens is 188 g/mol. The second-order valence-electron chi connectivity index (χ2n) is 3.99. The summed E-state index contributed by atoms with van der Waals surface area (Å²) in [4.78, 5) is 0. The van der Waals surface area contributed by atoms with Gasteiger partial charge in [-0.15, -0.1) is 0 Å². The Morgan fingerprint density at radius 2 is 2.00 bits per heavy atom. The highest BCUT2D eigenvalue weighted by molar-refractivity contribution is 5.56. The van der Waals surface area contributed by atoms with E-state index in [1.54, 1.807) is 7.11 Å². The SMILES string of the molecule is COc1ccccc1NC[C@@H](N)C(C)C. The van der Waals surface area contributed by atoms with Crippen molar-refractivity contribution in [1.29, 1.82) is 0 Å². The predicted octanol–water partition coefficient (Wildman–Crippen LogP) is 2.09. The van der Waals surface area contributed by atoms with E-state index in [0.717, 1.165) is 18.0 Å². The first-order valence-electron chi connectivity index (χ1n) is 5.27. The molecule has 0 heterocycles. The molecule has 0 radical (unpaired) electrons. The van der Waals surface area contributed by atoms with Crippen molar-refractivity contribution in [3.05, 3.63) is 24.3 Å². The van der Waals surface area contributed by atoms with Crippen molar-refractivity contribution >= 4 is 5.69 Å². The monoisotopic (exact) mass is 208 g/mol. The summed E-state index contributed by atoms with van der Waals surface area (Å²) in [6.45, 7) is 5.00. The second-order valence-corrected chi connectivity index (χ2v) is 3.99. The molecule has 3 N–H and O–H groups in total. The van der Waals surface area contributed by atoms with Crippen molar-refractivity contribution in [3.63, 3.8) is 0 Å². The third-order valence-electron chi connectivity index (χ3n) is 2.49. The van der Waals surface area contributed by atoms with Crippen LogP contribution in [-0.4, -0.2) is 19.7 Å². The van der Waals surface area contributed by atoms with Gasteiger partial charge in [0.2, 0.25) is 0 Å². The molecule has 0 unspecified atom stereocenters. The predicted molar refractivity (Wildman–Crippen MR) is 64.3 cm³/mol. The molecule has 0 aromatic heterocycles. The highest BCUT2D eigenvalue weighted by Crippen LogP contribution is 2.22. The first kappa shape index (κ1) is 11.9. The normalized spacial score (nSPS) is 12.6. The van der Waals surface area contributed by atoms with Crippen molar-refractivity contribution in [2.75, 3.05) is 19.0 Å². The van der Waals surface area contributed by atoms with E-state index in [9.17, 15) is 0 Å². The van der Waals surface area contributed by atoms with E-state index in [-0.39, 0.29) is 6.04 Å². The smallest absolute Gasteiger partial charge is 0.141 e. The number of nitrogens with two attached hydrogens (primary N) is 1. The third kappa shape index (κ3) is 3.44. The molecule has 84 valence electrons. The number of methoxy groups -OCH3 is 1. The van der Waals surface area contributed by atoms with Gasteiger partial charge < -0.3 is 15.8 Å². The lowest BCUT2D eigenvalue weighted by molar-refractivity contribution is 0.416. The Labute approximate surface area is 91.6 Å². The van der Waals surface area contributed by atoms with Gasteiger partial charge in [0.05, 0.1) is 12.8 Å². The molecule has 0 saturated carbocycles. The Kier molecular flexibility index (Phi) is 4.43. The molecule has 1 aromatic rings. The van der Waals surface area contributed by atoms with Crippen molar-refractivity contribution in [1.82, 2.24) is 0 Å². The summed E-state index contributed by atoms with van der Waals surface area (Å²) in [6.07, 6.45) is 0. The molecule has 1 atom stereocenters. The van der Waals surface area contributed by atoms with Crippen LogP contribution in [0.1, 0.15) is 13.8 Å². The molecule has 0 fully saturated rings. The van der Waals surface area contributed by atoms with Crippen molar-refractivity contribution in [2.45, 2.75) is 19.9 Å². The Hall–Kier alpha value is -1.22. The van der Waals surface area contributed by atoms with Gasteiger partial charge in [-0.3, -0.25) is 0 Å². The molecule has 0 amide bonds. The Bertz CT molecular complexity index is 299. The van der Waals surface area contributed by atoms with Crippen molar-refractivity contribution in [2.24, 2.45) is 11.7 Å². The van der Waals surface area contributed by atoms with Crippen LogP contribution < -0.4 is 15.8 Å². The fraction of sp³-hybridized carbons (Fsp3) is 0.500. The fourth-order valence-electron chi connectivity index (χ4n) is 1.25. The van der Waals surface area contributed by atoms with Gasteiger partial charge in [0.1, 0.15) is 5.75 Å². The number of anilines is 1. The van der Waals surface area contributed by atoms with E-state index in [2.05, 4.69) is 19.2 Å². The number of ether oxygens (including phenoxy) is 1. The zero-order valence-electron chi connectivity index (χ0n) is 9.66. The maximum absolute atomic E-state index is 5.95. The van der Waals surface area contributed by atoms with Gasteiger partial charge in [0.25, 0.3) is 0 Å². The van der Waals surface area contributed by atoms with Crippen LogP contribution in [0.4, 0.5) is 5.69 Å². The molecule has 0 aliphatic rings. The zero-order valence-corrected chi connectivity index (χ0v) is 9.66. The number of benzene rings is 1. The second kappa shape index (κ2) is 5.61. The summed E-state index contributed by atoms with van der Waals surface area (Å²) in [7, 11) is 1.67. The number of hydrogen-bond donors (Lipinski definition) is 2. The van der Waals surface area contributed by atoms with E-state index in [1.807, 2.05) is 24.3 Å². The number of para-hydroxylation sites is 2. The van der Waals surface area contributed by atoms with Crippen molar-refractivity contribution < 1.29 is 4.74 Å². The van der Waals surface area contributed by atoms with Crippen molar-refractivity contribution in [3.8, 4) is 5.75 Å². The van der Waals surface area contributed by atoms with Crippen LogP contribution in [0.5, 0.6) is 5.75 Å². The highest BCUT2D eigenvalue weighted by atomic mass is 16.5. The molecule has 1 rings (SSSR count).